The number of halogens is 4. The van der Waals surface area contributed by atoms with Gasteiger partial charge in [0.1, 0.15) is 5.82 Å². The molecule has 0 saturated carbocycles. The first-order valence-corrected chi connectivity index (χ1v) is 7.11. The number of hydrogen-bond donors (Lipinski definition) is 1. The maximum atomic E-state index is 14.5. The molecule has 3 nitrogen and oxygen atoms in total. The van der Waals surface area contributed by atoms with Gasteiger partial charge in [-0.3, -0.25) is 9.98 Å². The van der Waals surface area contributed by atoms with Crippen LogP contribution in [0.25, 0.3) is 5.70 Å². The van der Waals surface area contributed by atoms with Crippen LogP contribution in [0.2, 0.25) is 0 Å². The number of hydrogen-bond acceptors (Lipinski definition) is 3. The van der Waals surface area contributed by atoms with Crippen LogP contribution in [0.15, 0.2) is 41.7 Å². The number of rotatable bonds is 1. The molecular weight excluding hydrogens is 322 g/mol. The third-order valence-corrected chi connectivity index (χ3v) is 3.80. The van der Waals surface area contributed by atoms with E-state index in [2.05, 4.69) is 9.98 Å². The number of pyridine rings is 1. The first-order chi connectivity index (χ1) is 11.3. The molecule has 1 aliphatic rings. The summed E-state index contributed by atoms with van der Waals surface area (Å²) in [5.41, 5.74) is 6.95. The van der Waals surface area contributed by atoms with Gasteiger partial charge >= 0.3 is 6.18 Å². The van der Waals surface area contributed by atoms with Gasteiger partial charge in [-0.25, -0.2) is 4.39 Å². The Kier molecular flexibility index (Phi) is 3.87. The summed E-state index contributed by atoms with van der Waals surface area (Å²) >= 11 is 0. The van der Waals surface area contributed by atoms with Gasteiger partial charge in [0.05, 0.1) is 17.8 Å². The monoisotopic (exact) mass is 335 g/mol. The number of nitrogens with zero attached hydrogens (tertiary/aromatic N) is 2. The minimum absolute atomic E-state index is 0.0403. The maximum absolute atomic E-state index is 14.5. The fourth-order valence-electron chi connectivity index (χ4n) is 2.68. The zero-order valence-corrected chi connectivity index (χ0v) is 12.7. The fourth-order valence-corrected chi connectivity index (χ4v) is 2.68. The molecule has 0 fully saturated rings. The normalized spacial score (nSPS) is 14.5. The van der Waals surface area contributed by atoms with Crippen molar-refractivity contribution in [3.8, 4) is 0 Å². The summed E-state index contributed by atoms with van der Waals surface area (Å²) in [7, 11) is 0. The predicted octanol–water partition coefficient (Wildman–Crippen LogP) is 3.70. The average molecular weight is 335 g/mol. The van der Waals surface area contributed by atoms with E-state index in [1.807, 2.05) is 0 Å². The van der Waals surface area contributed by atoms with Gasteiger partial charge in [-0.2, -0.15) is 13.2 Å². The highest BCUT2D eigenvalue weighted by molar-refractivity contribution is 6.16. The Morgan fingerprint density at radius 2 is 1.92 bits per heavy atom. The Labute approximate surface area is 135 Å². The van der Waals surface area contributed by atoms with Crippen LogP contribution in [-0.4, -0.2) is 17.2 Å². The van der Waals surface area contributed by atoms with E-state index in [0.717, 1.165) is 6.07 Å². The second-order valence-electron chi connectivity index (χ2n) is 5.42. The summed E-state index contributed by atoms with van der Waals surface area (Å²) in [6.45, 7) is 1.63. The minimum atomic E-state index is -4.61. The number of aliphatic imine (C=N–C) groups is 1. The third-order valence-electron chi connectivity index (χ3n) is 3.80. The zero-order chi connectivity index (χ0) is 17.5. The summed E-state index contributed by atoms with van der Waals surface area (Å²) in [4.78, 5) is 8.30. The molecule has 2 N–H and O–H groups in total. The third kappa shape index (κ3) is 2.77. The van der Waals surface area contributed by atoms with E-state index in [4.69, 9.17) is 5.73 Å². The SMILES string of the molecule is Cc1cc(C(F)(F)F)cc(F)c1C1=NCC=C(N)c2cnccc21. The van der Waals surface area contributed by atoms with Crippen molar-refractivity contribution in [3.63, 3.8) is 0 Å². The molecule has 1 aliphatic heterocycles. The van der Waals surface area contributed by atoms with Gasteiger partial charge in [0.15, 0.2) is 0 Å². The maximum Gasteiger partial charge on any atom is 0.416 e. The van der Waals surface area contributed by atoms with Gasteiger partial charge in [0.2, 0.25) is 0 Å². The average Bonchev–Trinajstić information content (AvgIpc) is 2.66. The van der Waals surface area contributed by atoms with Gasteiger partial charge in [0, 0.05) is 34.8 Å². The molecule has 3 rings (SSSR count). The van der Waals surface area contributed by atoms with Gasteiger partial charge < -0.3 is 5.73 Å². The van der Waals surface area contributed by atoms with Crippen molar-refractivity contribution >= 4 is 11.4 Å². The topological polar surface area (TPSA) is 51.3 Å². The smallest absolute Gasteiger partial charge is 0.398 e. The van der Waals surface area contributed by atoms with Crippen LogP contribution in [0.5, 0.6) is 0 Å². The highest BCUT2D eigenvalue weighted by Gasteiger charge is 2.33. The van der Waals surface area contributed by atoms with Crippen LogP contribution < -0.4 is 5.73 Å². The Bertz CT molecular complexity index is 843. The largest absolute Gasteiger partial charge is 0.416 e. The van der Waals surface area contributed by atoms with Crippen molar-refractivity contribution in [2.24, 2.45) is 10.7 Å². The van der Waals surface area contributed by atoms with E-state index in [9.17, 15) is 17.6 Å². The Hall–Kier alpha value is -2.70. The quantitative estimate of drug-likeness (QED) is 0.808. The van der Waals surface area contributed by atoms with Crippen LogP contribution in [0, 0.1) is 12.7 Å². The Morgan fingerprint density at radius 3 is 2.58 bits per heavy atom. The molecule has 0 amide bonds. The minimum Gasteiger partial charge on any atom is -0.398 e. The molecule has 0 atom stereocenters. The van der Waals surface area contributed by atoms with Gasteiger partial charge in [-0.1, -0.05) is 0 Å². The second kappa shape index (κ2) is 5.74. The fraction of sp³-hybridized carbons (Fsp3) is 0.176. The van der Waals surface area contributed by atoms with Gasteiger partial charge in [-0.05, 0) is 36.8 Å². The van der Waals surface area contributed by atoms with E-state index >= 15 is 0 Å². The molecule has 0 unspecified atom stereocenters. The lowest BCUT2D eigenvalue weighted by Gasteiger charge is -2.15. The molecule has 24 heavy (non-hydrogen) atoms. The highest BCUT2D eigenvalue weighted by Crippen LogP contribution is 2.33. The number of alkyl halides is 3. The van der Waals surface area contributed by atoms with E-state index in [1.165, 1.54) is 19.3 Å². The lowest BCUT2D eigenvalue weighted by Crippen LogP contribution is -2.14. The number of aryl methyl sites for hydroxylation is 1. The van der Waals surface area contributed by atoms with Gasteiger partial charge in [0.25, 0.3) is 0 Å². The van der Waals surface area contributed by atoms with Crippen molar-refractivity contribution in [2.75, 3.05) is 6.54 Å². The molecule has 0 spiro atoms. The summed E-state index contributed by atoms with van der Waals surface area (Å²) in [6, 6.07) is 3.04. The van der Waals surface area contributed by atoms with Crippen molar-refractivity contribution in [1.82, 2.24) is 4.98 Å². The molecule has 0 saturated heterocycles. The number of aromatic nitrogens is 1. The first kappa shape index (κ1) is 16.2. The lowest BCUT2D eigenvalue weighted by molar-refractivity contribution is -0.137. The van der Waals surface area contributed by atoms with E-state index in [1.54, 1.807) is 12.1 Å². The number of nitrogens with two attached hydrogens (primary N) is 1. The van der Waals surface area contributed by atoms with Crippen LogP contribution in [0.4, 0.5) is 17.6 Å². The van der Waals surface area contributed by atoms with Crippen molar-refractivity contribution in [1.29, 1.82) is 0 Å². The molecular formula is C17H13F4N3. The zero-order valence-electron chi connectivity index (χ0n) is 12.7. The molecule has 2 aromatic rings. The predicted molar refractivity (Wildman–Crippen MR) is 83.0 cm³/mol. The van der Waals surface area contributed by atoms with Crippen molar-refractivity contribution < 1.29 is 17.6 Å². The van der Waals surface area contributed by atoms with Gasteiger partial charge in [-0.15, -0.1) is 0 Å². The lowest BCUT2D eigenvalue weighted by atomic mass is 9.93. The summed E-state index contributed by atoms with van der Waals surface area (Å²) in [5.74, 6) is -0.968. The second-order valence-corrected chi connectivity index (χ2v) is 5.42. The molecule has 7 heteroatoms. The summed E-state index contributed by atoms with van der Waals surface area (Å²) < 4.78 is 53.0. The van der Waals surface area contributed by atoms with Crippen molar-refractivity contribution in [2.45, 2.75) is 13.1 Å². The molecule has 0 radical (unpaired) electrons. The summed E-state index contributed by atoms with van der Waals surface area (Å²) in [6.07, 6.45) is 0.0810. The summed E-state index contributed by atoms with van der Waals surface area (Å²) in [5, 5.41) is 0. The first-order valence-electron chi connectivity index (χ1n) is 7.11. The van der Waals surface area contributed by atoms with E-state index < -0.39 is 17.6 Å². The number of fused-ring (bicyclic) bond motifs is 1. The standard InChI is InChI=1S/C17H13F4N3/c1-9-6-10(17(19,20)21)7-13(18)15(9)16-11-2-4-23-8-12(11)14(22)3-5-24-16/h2-4,6-8H,5,22H2,1H3. The highest BCUT2D eigenvalue weighted by atomic mass is 19.4. The van der Waals surface area contributed by atoms with Crippen LogP contribution in [0.3, 0.4) is 0 Å². The van der Waals surface area contributed by atoms with Crippen LogP contribution in [0.1, 0.15) is 27.8 Å². The van der Waals surface area contributed by atoms with E-state index in [-0.39, 0.29) is 23.4 Å². The van der Waals surface area contributed by atoms with Crippen LogP contribution in [-0.2, 0) is 6.18 Å². The molecule has 1 aromatic carbocycles. The molecule has 1 aromatic heterocycles. The van der Waals surface area contributed by atoms with Crippen molar-refractivity contribution in [3.05, 3.63) is 70.3 Å². The molecule has 2 heterocycles. The Balaban J connectivity index is 2.21. The van der Waals surface area contributed by atoms with E-state index in [0.29, 0.717) is 22.9 Å². The van der Waals surface area contributed by atoms with Crippen LogP contribution >= 0.6 is 0 Å². The molecule has 0 bridgehead atoms. The molecule has 124 valence electrons. The number of benzene rings is 1. The Morgan fingerprint density at radius 1 is 1.17 bits per heavy atom. The molecule has 0 aliphatic carbocycles.